The molecule has 2 bridgehead atoms. The summed E-state index contributed by atoms with van der Waals surface area (Å²) in [5.74, 6) is -0.559. The number of aldehydes is 1. The van der Waals surface area contributed by atoms with Gasteiger partial charge in [-0.15, -0.1) is 0 Å². The van der Waals surface area contributed by atoms with Crippen molar-refractivity contribution < 1.29 is 28.2 Å². The van der Waals surface area contributed by atoms with E-state index in [1.807, 2.05) is 24.3 Å². The molecule has 0 saturated heterocycles. The lowest BCUT2D eigenvalue weighted by Gasteiger charge is -2.31. The third-order valence-electron chi connectivity index (χ3n) is 9.04. The van der Waals surface area contributed by atoms with Gasteiger partial charge in [-0.3, -0.25) is 9.59 Å². The monoisotopic (exact) mass is 550 g/mol. The molecule has 4 unspecified atom stereocenters. The lowest BCUT2D eigenvalue weighted by molar-refractivity contribution is -0.122. The topological polar surface area (TPSA) is 93.7 Å². The minimum atomic E-state index is -0.605. The fourth-order valence-corrected chi connectivity index (χ4v) is 6.80. The number of rotatable bonds is 9. The average molecular weight is 551 g/mol. The minimum Gasteiger partial charge on any atom is -0.496 e. The molecule has 8 heteroatoms. The molecule has 2 N–H and O–H groups in total. The summed E-state index contributed by atoms with van der Waals surface area (Å²) in [6.45, 7) is 4.22. The molecule has 0 heterocycles. The molecule has 4 atom stereocenters. The van der Waals surface area contributed by atoms with Gasteiger partial charge in [-0.2, -0.15) is 0 Å². The van der Waals surface area contributed by atoms with Gasteiger partial charge in [0, 0.05) is 23.7 Å². The van der Waals surface area contributed by atoms with Crippen LogP contribution in [0.2, 0.25) is 0 Å². The Morgan fingerprint density at radius 3 is 2.45 bits per heavy atom. The number of anilines is 1. The van der Waals surface area contributed by atoms with E-state index in [4.69, 9.17) is 9.47 Å². The average Bonchev–Trinajstić information content (AvgIpc) is 3.56. The molecular weight excluding hydrogens is 511 g/mol. The van der Waals surface area contributed by atoms with Gasteiger partial charge < -0.3 is 24.9 Å². The SMILES string of the molecule is COc1cc(F)c(OC2CCC(C=O)CC2)cc1C(=O)NC1C2CCC(C2)C1C(=O)Nc1cccc(C(C)C)c1. The molecule has 7 nitrogen and oxygen atoms in total. The second-order valence-electron chi connectivity index (χ2n) is 11.9. The molecule has 2 amide bonds. The Kier molecular flexibility index (Phi) is 8.43. The van der Waals surface area contributed by atoms with Gasteiger partial charge in [-0.1, -0.05) is 26.0 Å². The molecule has 40 heavy (non-hydrogen) atoms. The number of methoxy groups -OCH3 is 1. The first-order valence-corrected chi connectivity index (χ1v) is 14.5. The van der Waals surface area contributed by atoms with Crippen LogP contribution in [-0.4, -0.2) is 37.4 Å². The van der Waals surface area contributed by atoms with Crippen molar-refractivity contribution in [1.82, 2.24) is 5.32 Å². The van der Waals surface area contributed by atoms with Gasteiger partial charge in [0.05, 0.1) is 24.7 Å². The highest BCUT2D eigenvalue weighted by molar-refractivity contribution is 5.99. The predicted octanol–water partition coefficient (Wildman–Crippen LogP) is 5.88. The maximum Gasteiger partial charge on any atom is 0.255 e. The number of carbonyl (C=O) groups is 3. The molecule has 3 aliphatic rings. The van der Waals surface area contributed by atoms with Crippen LogP contribution in [0.25, 0.3) is 0 Å². The lowest BCUT2D eigenvalue weighted by atomic mass is 9.83. The Labute approximate surface area is 235 Å². The molecule has 214 valence electrons. The summed E-state index contributed by atoms with van der Waals surface area (Å²) in [5.41, 5.74) is 2.08. The molecule has 0 radical (unpaired) electrons. The van der Waals surface area contributed by atoms with E-state index in [1.165, 1.54) is 19.2 Å². The van der Waals surface area contributed by atoms with Gasteiger partial charge >= 0.3 is 0 Å². The maximum absolute atomic E-state index is 14.9. The maximum atomic E-state index is 14.9. The third-order valence-corrected chi connectivity index (χ3v) is 9.04. The van der Waals surface area contributed by atoms with E-state index >= 15 is 0 Å². The van der Waals surface area contributed by atoms with Crippen LogP contribution in [0.3, 0.4) is 0 Å². The zero-order valence-electron chi connectivity index (χ0n) is 23.5. The molecule has 2 aromatic rings. The van der Waals surface area contributed by atoms with Crippen molar-refractivity contribution in [1.29, 1.82) is 0 Å². The molecule has 5 rings (SSSR count). The van der Waals surface area contributed by atoms with Crippen molar-refractivity contribution in [2.45, 2.75) is 76.9 Å². The zero-order chi connectivity index (χ0) is 28.4. The number of hydrogen-bond acceptors (Lipinski definition) is 5. The normalized spacial score (nSPS) is 27.3. The van der Waals surface area contributed by atoms with Gasteiger partial charge in [0.1, 0.15) is 12.0 Å². The minimum absolute atomic E-state index is 0.00669. The van der Waals surface area contributed by atoms with E-state index in [2.05, 4.69) is 24.5 Å². The Bertz CT molecular complexity index is 1260. The molecule has 0 aromatic heterocycles. The number of ether oxygens (including phenoxy) is 2. The lowest BCUT2D eigenvalue weighted by Crippen LogP contribution is -2.48. The van der Waals surface area contributed by atoms with Crippen LogP contribution in [-0.2, 0) is 9.59 Å². The van der Waals surface area contributed by atoms with Crippen molar-refractivity contribution in [2.24, 2.45) is 23.7 Å². The van der Waals surface area contributed by atoms with Crippen LogP contribution >= 0.6 is 0 Å². The number of carbonyl (C=O) groups excluding carboxylic acids is 3. The quantitative estimate of drug-likeness (QED) is 0.381. The summed E-state index contributed by atoms with van der Waals surface area (Å²) >= 11 is 0. The Morgan fingerprint density at radius 1 is 1.00 bits per heavy atom. The second-order valence-corrected chi connectivity index (χ2v) is 11.9. The summed E-state index contributed by atoms with van der Waals surface area (Å²) in [5, 5.41) is 6.21. The van der Waals surface area contributed by atoms with Crippen LogP contribution in [0, 0.1) is 29.5 Å². The highest BCUT2D eigenvalue weighted by atomic mass is 19.1. The fraction of sp³-hybridized carbons (Fsp3) is 0.531. The Hall–Kier alpha value is -3.42. The van der Waals surface area contributed by atoms with Gasteiger partial charge in [0.2, 0.25) is 5.91 Å². The first kappa shape index (κ1) is 28.1. The van der Waals surface area contributed by atoms with E-state index in [9.17, 15) is 18.8 Å². The number of benzene rings is 2. The molecule has 3 fully saturated rings. The Morgan fingerprint density at radius 2 is 1.75 bits per heavy atom. The summed E-state index contributed by atoms with van der Waals surface area (Å²) < 4.78 is 26.2. The van der Waals surface area contributed by atoms with Gasteiger partial charge in [0.15, 0.2) is 11.6 Å². The molecule has 2 aromatic carbocycles. The van der Waals surface area contributed by atoms with Gasteiger partial charge in [-0.05, 0) is 86.5 Å². The summed E-state index contributed by atoms with van der Waals surface area (Å²) in [7, 11) is 1.39. The van der Waals surface area contributed by atoms with Crippen molar-refractivity contribution in [3.63, 3.8) is 0 Å². The van der Waals surface area contributed by atoms with Crippen molar-refractivity contribution in [2.75, 3.05) is 12.4 Å². The fourth-order valence-electron chi connectivity index (χ4n) is 6.80. The number of nitrogens with one attached hydrogen (secondary N) is 2. The van der Waals surface area contributed by atoms with Crippen LogP contribution in [0.5, 0.6) is 11.5 Å². The highest BCUT2D eigenvalue weighted by Gasteiger charge is 2.51. The van der Waals surface area contributed by atoms with Gasteiger partial charge in [-0.25, -0.2) is 4.39 Å². The van der Waals surface area contributed by atoms with Crippen molar-refractivity contribution in [3.8, 4) is 11.5 Å². The van der Waals surface area contributed by atoms with E-state index in [0.29, 0.717) is 31.6 Å². The predicted molar refractivity (Wildman–Crippen MR) is 150 cm³/mol. The van der Waals surface area contributed by atoms with Crippen LogP contribution in [0.1, 0.15) is 80.6 Å². The molecular formula is C32H39FN2O5. The molecule has 3 saturated carbocycles. The molecule has 3 aliphatic carbocycles. The second kappa shape index (κ2) is 12.0. The number of halogens is 1. The number of hydrogen-bond donors (Lipinski definition) is 2. The smallest absolute Gasteiger partial charge is 0.255 e. The zero-order valence-corrected chi connectivity index (χ0v) is 23.5. The first-order valence-electron chi connectivity index (χ1n) is 14.5. The van der Waals surface area contributed by atoms with Crippen LogP contribution in [0.15, 0.2) is 36.4 Å². The summed E-state index contributed by atoms with van der Waals surface area (Å²) in [6.07, 6.45) is 6.28. The van der Waals surface area contributed by atoms with E-state index in [-0.39, 0.29) is 58.8 Å². The Balaban J connectivity index is 1.32. The largest absolute Gasteiger partial charge is 0.496 e. The summed E-state index contributed by atoms with van der Waals surface area (Å²) in [4.78, 5) is 38.2. The molecule has 0 spiro atoms. The molecule has 0 aliphatic heterocycles. The van der Waals surface area contributed by atoms with Crippen molar-refractivity contribution >= 4 is 23.8 Å². The van der Waals surface area contributed by atoms with E-state index in [0.717, 1.165) is 36.8 Å². The first-order chi connectivity index (χ1) is 19.3. The standard InChI is InChI=1S/C32H39FN2O5/c1-18(2)20-5-4-6-23(14-20)34-32(38)29-21-9-10-22(13-21)30(29)35-31(37)25-15-28(26(33)16-27(25)39-3)40-24-11-7-19(17-36)8-12-24/h4-6,14-19,21-22,24,29-30H,7-13H2,1-3H3,(H,34,38)(H,35,37). The van der Waals surface area contributed by atoms with Crippen LogP contribution in [0.4, 0.5) is 10.1 Å². The third kappa shape index (κ3) is 5.86. The number of amides is 2. The van der Waals surface area contributed by atoms with E-state index < -0.39 is 11.7 Å². The van der Waals surface area contributed by atoms with Crippen molar-refractivity contribution in [3.05, 3.63) is 53.3 Å². The summed E-state index contributed by atoms with van der Waals surface area (Å²) in [6, 6.07) is 10.1. The highest BCUT2D eigenvalue weighted by Crippen LogP contribution is 2.49. The van der Waals surface area contributed by atoms with E-state index in [1.54, 1.807) is 0 Å². The number of fused-ring (bicyclic) bond motifs is 2. The van der Waals surface area contributed by atoms with Crippen LogP contribution < -0.4 is 20.1 Å². The van der Waals surface area contributed by atoms with Gasteiger partial charge in [0.25, 0.3) is 5.91 Å².